The van der Waals surface area contributed by atoms with Crippen molar-refractivity contribution >= 4 is 29.3 Å². The van der Waals surface area contributed by atoms with Gasteiger partial charge in [-0.3, -0.25) is 4.79 Å². The lowest BCUT2D eigenvalue weighted by molar-refractivity contribution is -0.141. The summed E-state index contributed by atoms with van der Waals surface area (Å²) in [5.41, 5.74) is 0.0275. The Balaban J connectivity index is 1.88. The molecule has 20 heavy (non-hydrogen) atoms. The van der Waals surface area contributed by atoms with E-state index in [1.165, 1.54) is 12.1 Å². The van der Waals surface area contributed by atoms with Crippen LogP contribution in [0.5, 0.6) is 0 Å². The lowest BCUT2D eigenvalue weighted by Gasteiger charge is -2.13. The molecule has 108 valence electrons. The Hall–Kier alpha value is -1.82. The molecule has 1 aliphatic rings. The highest BCUT2D eigenvalue weighted by Crippen LogP contribution is 2.26. The highest BCUT2D eigenvalue weighted by atomic mass is 35.5. The maximum absolute atomic E-state index is 13.5. The van der Waals surface area contributed by atoms with Crippen molar-refractivity contribution in [3.8, 4) is 0 Å². The van der Waals surface area contributed by atoms with Crippen LogP contribution in [0.4, 0.5) is 14.9 Å². The van der Waals surface area contributed by atoms with Gasteiger partial charge in [-0.2, -0.15) is 0 Å². The zero-order valence-corrected chi connectivity index (χ0v) is 11.3. The summed E-state index contributed by atoms with van der Waals surface area (Å²) in [5, 5.41) is 14.1. The van der Waals surface area contributed by atoms with Crippen molar-refractivity contribution in [2.75, 3.05) is 5.32 Å². The Labute approximate surface area is 120 Å². The second-order valence-electron chi connectivity index (χ2n) is 4.77. The van der Waals surface area contributed by atoms with Gasteiger partial charge in [0, 0.05) is 11.1 Å². The number of nitrogens with one attached hydrogen (secondary N) is 2. The highest BCUT2D eigenvalue weighted by molar-refractivity contribution is 6.30. The molecule has 3 N–H and O–H groups in total. The topological polar surface area (TPSA) is 78.4 Å². The molecule has 1 fully saturated rings. The Morgan fingerprint density at radius 3 is 2.70 bits per heavy atom. The van der Waals surface area contributed by atoms with Crippen LogP contribution in [0.3, 0.4) is 0 Å². The van der Waals surface area contributed by atoms with Gasteiger partial charge >= 0.3 is 12.0 Å². The zero-order valence-electron chi connectivity index (χ0n) is 10.5. The van der Waals surface area contributed by atoms with E-state index < -0.39 is 23.7 Å². The lowest BCUT2D eigenvalue weighted by atomic mass is 10.1. The molecule has 1 aromatic rings. The number of anilines is 1. The number of carboxylic acid groups (broad SMARTS) is 1. The summed E-state index contributed by atoms with van der Waals surface area (Å²) in [6.07, 6.45) is 1.54. The first-order valence-corrected chi connectivity index (χ1v) is 6.59. The fraction of sp³-hybridized carbons (Fsp3) is 0.385. The van der Waals surface area contributed by atoms with Crippen LogP contribution in [-0.4, -0.2) is 23.1 Å². The molecule has 2 amide bonds. The summed E-state index contributed by atoms with van der Waals surface area (Å²) < 4.78 is 13.5. The molecule has 1 aliphatic carbocycles. The van der Waals surface area contributed by atoms with Crippen molar-refractivity contribution in [1.29, 1.82) is 0 Å². The number of aliphatic carboxylic acids is 1. The third kappa shape index (κ3) is 3.60. The molecule has 0 heterocycles. The first-order chi connectivity index (χ1) is 9.45. The normalized spacial score (nSPS) is 21.5. The molecular weight excluding hydrogens is 287 g/mol. The van der Waals surface area contributed by atoms with Crippen LogP contribution in [0.15, 0.2) is 18.2 Å². The van der Waals surface area contributed by atoms with Crippen molar-refractivity contribution in [3.63, 3.8) is 0 Å². The number of urea groups is 1. The standard InChI is InChI=1S/C13H14ClFN2O3/c14-8-2-4-11(10(15)6-8)17-13(20)16-9-3-1-7(5-9)12(18)19/h2,4,6-7,9H,1,3,5H2,(H,18,19)(H2,16,17,20). The number of carbonyl (C=O) groups is 2. The monoisotopic (exact) mass is 300 g/mol. The van der Waals surface area contributed by atoms with Crippen molar-refractivity contribution < 1.29 is 19.1 Å². The van der Waals surface area contributed by atoms with E-state index >= 15 is 0 Å². The number of benzene rings is 1. The van der Waals surface area contributed by atoms with E-state index in [1.54, 1.807) is 0 Å². The molecule has 0 saturated heterocycles. The van der Waals surface area contributed by atoms with Gasteiger partial charge < -0.3 is 15.7 Å². The van der Waals surface area contributed by atoms with Gasteiger partial charge in [0.15, 0.2) is 0 Å². The second kappa shape index (κ2) is 6.09. The molecule has 0 spiro atoms. The molecular formula is C13H14ClFN2O3. The summed E-state index contributed by atoms with van der Waals surface area (Å²) in [6, 6.07) is 3.18. The molecule has 0 bridgehead atoms. The summed E-state index contributed by atoms with van der Waals surface area (Å²) >= 11 is 5.61. The minimum atomic E-state index is -0.849. The molecule has 2 atom stereocenters. The average molecular weight is 301 g/mol. The van der Waals surface area contributed by atoms with Crippen molar-refractivity contribution in [3.05, 3.63) is 29.0 Å². The molecule has 2 unspecified atom stereocenters. The van der Waals surface area contributed by atoms with Crippen LogP contribution >= 0.6 is 11.6 Å². The third-order valence-electron chi connectivity index (χ3n) is 3.30. The van der Waals surface area contributed by atoms with Crippen LogP contribution in [0.2, 0.25) is 5.02 Å². The predicted octanol–water partition coefficient (Wildman–Crippen LogP) is 2.85. The second-order valence-corrected chi connectivity index (χ2v) is 5.20. The summed E-state index contributed by atoms with van der Waals surface area (Å²) in [6.45, 7) is 0. The Morgan fingerprint density at radius 2 is 2.10 bits per heavy atom. The van der Waals surface area contributed by atoms with Crippen molar-refractivity contribution in [2.24, 2.45) is 5.92 Å². The Morgan fingerprint density at radius 1 is 1.35 bits per heavy atom. The number of halogens is 2. The van der Waals surface area contributed by atoms with Gasteiger partial charge in [0.25, 0.3) is 0 Å². The fourth-order valence-corrected chi connectivity index (χ4v) is 2.43. The summed E-state index contributed by atoms with van der Waals surface area (Å²) in [5.74, 6) is -1.89. The Bertz CT molecular complexity index is 538. The smallest absolute Gasteiger partial charge is 0.319 e. The number of hydrogen-bond acceptors (Lipinski definition) is 2. The number of carboxylic acids is 1. The SMILES string of the molecule is O=C(Nc1ccc(Cl)cc1F)NC1CCC(C(=O)O)C1. The van der Waals surface area contributed by atoms with E-state index in [0.717, 1.165) is 6.07 Å². The zero-order chi connectivity index (χ0) is 14.7. The molecule has 0 aromatic heterocycles. The quantitative estimate of drug-likeness (QED) is 0.803. The van der Waals surface area contributed by atoms with Crippen LogP contribution < -0.4 is 10.6 Å². The fourth-order valence-electron chi connectivity index (χ4n) is 2.27. The molecule has 2 rings (SSSR count). The van der Waals surface area contributed by atoms with E-state index in [2.05, 4.69) is 10.6 Å². The van der Waals surface area contributed by atoms with Gasteiger partial charge in [-0.25, -0.2) is 9.18 Å². The average Bonchev–Trinajstić information content (AvgIpc) is 2.81. The highest BCUT2D eigenvalue weighted by Gasteiger charge is 2.30. The first-order valence-electron chi connectivity index (χ1n) is 6.21. The third-order valence-corrected chi connectivity index (χ3v) is 3.53. The van der Waals surface area contributed by atoms with E-state index in [1.807, 2.05) is 0 Å². The molecule has 7 heteroatoms. The van der Waals surface area contributed by atoms with Crippen LogP contribution in [0.25, 0.3) is 0 Å². The predicted molar refractivity (Wildman–Crippen MR) is 72.3 cm³/mol. The van der Waals surface area contributed by atoms with Gasteiger partial charge in [-0.1, -0.05) is 11.6 Å². The van der Waals surface area contributed by atoms with Gasteiger partial charge in [0.2, 0.25) is 0 Å². The minimum absolute atomic E-state index is 0.0275. The minimum Gasteiger partial charge on any atom is -0.481 e. The molecule has 0 aliphatic heterocycles. The van der Waals surface area contributed by atoms with Crippen LogP contribution in [-0.2, 0) is 4.79 Å². The largest absolute Gasteiger partial charge is 0.481 e. The Kier molecular flexibility index (Phi) is 4.44. The maximum Gasteiger partial charge on any atom is 0.319 e. The summed E-state index contributed by atoms with van der Waals surface area (Å²) in [4.78, 5) is 22.5. The number of hydrogen-bond donors (Lipinski definition) is 3. The van der Waals surface area contributed by atoms with E-state index in [9.17, 15) is 14.0 Å². The van der Waals surface area contributed by atoms with Gasteiger partial charge in [-0.05, 0) is 37.5 Å². The molecule has 5 nitrogen and oxygen atoms in total. The van der Waals surface area contributed by atoms with Gasteiger partial charge in [0.1, 0.15) is 5.82 Å². The van der Waals surface area contributed by atoms with Crippen molar-refractivity contribution in [1.82, 2.24) is 5.32 Å². The first kappa shape index (κ1) is 14.6. The van der Waals surface area contributed by atoms with Crippen LogP contribution in [0, 0.1) is 11.7 Å². The van der Waals surface area contributed by atoms with Crippen LogP contribution in [0.1, 0.15) is 19.3 Å². The number of rotatable bonds is 3. The molecule has 0 radical (unpaired) electrons. The maximum atomic E-state index is 13.5. The molecule has 1 saturated carbocycles. The number of amides is 2. The van der Waals surface area contributed by atoms with E-state index in [0.29, 0.717) is 19.3 Å². The van der Waals surface area contributed by atoms with Crippen molar-refractivity contribution in [2.45, 2.75) is 25.3 Å². The van der Waals surface area contributed by atoms with Gasteiger partial charge in [-0.15, -0.1) is 0 Å². The summed E-state index contributed by atoms with van der Waals surface area (Å²) in [7, 11) is 0. The lowest BCUT2D eigenvalue weighted by Crippen LogP contribution is -2.36. The number of carbonyl (C=O) groups excluding carboxylic acids is 1. The van der Waals surface area contributed by atoms with Gasteiger partial charge in [0.05, 0.1) is 11.6 Å². The van der Waals surface area contributed by atoms with E-state index in [4.69, 9.17) is 16.7 Å². The van der Waals surface area contributed by atoms with E-state index in [-0.39, 0.29) is 16.8 Å². The molecule has 1 aromatic carbocycles.